The zero-order chi connectivity index (χ0) is 9.84. The van der Waals surface area contributed by atoms with Crippen molar-refractivity contribution in [1.29, 1.82) is 0 Å². The lowest BCUT2D eigenvalue weighted by Crippen LogP contribution is -2.31. The first kappa shape index (κ1) is 11.0. The van der Waals surface area contributed by atoms with Gasteiger partial charge in [0.15, 0.2) is 0 Å². The highest BCUT2D eigenvalue weighted by Gasteiger charge is 2.30. The summed E-state index contributed by atoms with van der Waals surface area (Å²) in [6.45, 7) is 7.15. The van der Waals surface area contributed by atoms with Crippen LogP contribution in [0.25, 0.3) is 0 Å². The predicted octanol–water partition coefficient (Wildman–Crippen LogP) is 1.20. The van der Waals surface area contributed by atoms with Gasteiger partial charge in [-0.05, 0) is 27.2 Å². The van der Waals surface area contributed by atoms with Crippen LogP contribution in [-0.2, 0) is 9.47 Å². The minimum atomic E-state index is -0.375. The molecule has 1 heterocycles. The lowest BCUT2D eigenvalue weighted by atomic mass is 9.96. The molecular formula is C10H20O3. The fourth-order valence-electron chi connectivity index (χ4n) is 1.67. The topological polar surface area (TPSA) is 38.7 Å². The van der Waals surface area contributed by atoms with E-state index in [-0.39, 0.29) is 24.2 Å². The Bertz CT molecular complexity index is 147. The first-order chi connectivity index (χ1) is 6.11. The molecule has 0 aromatic carbocycles. The second-order valence-electron chi connectivity index (χ2n) is 3.98. The normalized spacial score (nSPS) is 31.2. The van der Waals surface area contributed by atoms with Gasteiger partial charge in [-0.25, -0.2) is 0 Å². The fourth-order valence-corrected chi connectivity index (χ4v) is 1.67. The van der Waals surface area contributed by atoms with E-state index in [9.17, 15) is 5.11 Å². The summed E-state index contributed by atoms with van der Waals surface area (Å²) in [7, 11) is 0. The van der Waals surface area contributed by atoms with E-state index in [4.69, 9.17) is 9.47 Å². The number of hydrogen-bond donors (Lipinski definition) is 1. The van der Waals surface area contributed by atoms with Gasteiger partial charge in [0, 0.05) is 12.5 Å². The Balaban J connectivity index is 2.25. The van der Waals surface area contributed by atoms with E-state index in [1.807, 2.05) is 20.8 Å². The van der Waals surface area contributed by atoms with Crippen molar-refractivity contribution < 1.29 is 14.6 Å². The molecule has 1 rings (SSSR count). The van der Waals surface area contributed by atoms with Crippen molar-refractivity contribution in [2.24, 2.45) is 5.92 Å². The molecule has 3 atom stereocenters. The van der Waals surface area contributed by atoms with Gasteiger partial charge >= 0.3 is 0 Å². The lowest BCUT2D eigenvalue weighted by molar-refractivity contribution is -0.0341. The minimum absolute atomic E-state index is 0.172. The maximum absolute atomic E-state index is 9.76. The lowest BCUT2D eigenvalue weighted by Gasteiger charge is -2.21. The van der Waals surface area contributed by atoms with Gasteiger partial charge in [-0.2, -0.15) is 0 Å². The van der Waals surface area contributed by atoms with E-state index in [1.165, 1.54) is 0 Å². The van der Waals surface area contributed by atoms with Gasteiger partial charge in [-0.3, -0.25) is 0 Å². The van der Waals surface area contributed by atoms with Crippen LogP contribution < -0.4 is 0 Å². The molecule has 1 N–H and O–H groups in total. The largest absolute Gasteiger partial charge is 0.390 e. The van der Waals surface area contributed by atoms with E-state index in [0.29, 0.717) is 6.61 Å². The van der Waals surface area contributed by atoms with E-state index < -0.39 is 0 Å². The maximum atomic E-state index is 9.76. The molecule has 0 bridgehead atoms. The highest BCUT2D eigenvalue weighted by atomic mass is 16.5. The Morgan fingerprint density at radius 1 is 1.54 bits per heavy atom. The van der Waals surface area contributed by atoms with Crippen LogP contribution in [0.5, 0.6) is 0 Å². The van der Waals surface area contributed by atoms with E-state index in [1.54, 1.807) is 0 Å². The van der Waals surface area contributed by atoms with Gasteiger partial charge in [0.2, 0.25) is 0 Å². The zero-order valence-corrected chi connectivity index (χ0v) is 8.69. The summed E-state index contributed by atoms with van der Waals surface area (Å²) in [5, 5.41) is 9.76. The van der Waals surface area contributed by atoms with Crippen molar-refractivity contribution >= 4 is 0 Å². The van der Waals surface area contributed by atoms with Gasteiger partial charge in [0.1, 0.15) is 0 Å². The van der Waals surface area contributed by atoms with Crippen molar-refractivity contribution in [3.63, 3.8) is 0 Å². The number of rotatable bonds is 4. The number of ether oxygens (including phenoxy) is 2. The average Bonchev–Trinajstić information content (AvgIpc) is 2.47. The predicted molar refractivity (Wildman–Crippen MR) is 50.6 cm³/mol. The van der Waals surface area contributed by atoms with Crippen molar-refractivity contribution in [1.82, 2.24) is 0 Å². The highest BCUT2D eigenvalue weighted by Crippen LogP contribution is 2.24. The monoisotopic (exact) mass is 188 g/mol. The second kappa shape index (κ2) is 4.94. The standard InChI is InChI=1S/C10H20O3/c1-7(2)13-6-10(11)9-4-5-12-8(9)3/h7-11H,4-6H2,1-3H3. The van der Waals surface area contributed by atoms with Crippen LogP contribution in [0.4, 0.5) is 0 Å². The van der Waals surface area contributed by atoms with Crippen LogP contribution in [0, 0.1) is 5.92 Å². The van der Waals surface area contributed by atoms with Crippen LogP contribution in [-0.4, -0.2) is 36.6 Å². The Kier molecular flexibility index (Phi) is 4.16. The molecule has 0 saturated carbocycles. The Labute approximate surface area is 80.0 Å². The molecule has 1 aliphatic heterocycles. The van der Waals surface area contributed by atoms with Crippen LogP contribution in [0.3, 0.4) is 0 Å². The molecule has 1 aliphatic rings. The summed E-state index contributed by atoms with van der Waals surface area (Å²) in [5.74, 6) is 0.249. The summed E-state index contributed by atoms with van der Waals surface area (Å²) in [4.78, 5) is 0. The van der Waals surface area contributed by atoms with Crippen molar-refractivity contribution in [3.8, 4) is 0 Å². The molecule has 0 amide bonds. The SMILES string of the molecule is CC(C)OCC(O)C1CCOC1C. The van der Waals surface area contributed by atoms with Gasteiger partial charge in [0.25, 0.3) is 0 Å². The minimum Gasteiger partial charge on any atom is -0.390 e. The first-order valence-corrected chi connectivity index (χ1v) is 5.02. The molecule has 0 spiro atoms. The molecule has 1 saturated heterocycles. The molecular weight excluding hydrogens is 168 g/mol. The van der Waals surface area contributed by atoms with E-state index in [0.717, 1.165) is 13.0 Å². The van der Waals surface area contributed by atoms with Gasteiger partial charge in [-0.1, -0.05) is 0 Å². The van der Waals surface area contributed by atoms with Crippen molar-refractivity contribution in [2.45, 2.75) is 45.5 Å². The van der Waals surface area contributed by atoms with Crippen LogP contribution in [0.15, 0.2) is 0 Å². The average molecular weight is 188 g/mol. The molecule has 0 radical (unpaired) electrons. The molecule has 0 aromatic heterocycles. The van der Waals surface area contributed by atoms with Crippen LogP contribution in [0.1, 0.15) is 27.2 Å². The van der Waals surface area contributed by atoms with Gasteiger partial charge < -0.3 is 14.6 Å². The quantitative estimate of drug-likeness (QED) is 0.720. The third kappa shape index (κ3) is 3.25. The number of hydrogen-bond acceptors (Lipinski definition) is 3. The third-order valence-corrected chi connectivity index (χ3v) is 2.53. The molecule has 1 fully saturated rings. The molecule has 3 unspecified atom stereocenters. The Hall–Kier alpha value is -0.120. The number of aliphatic hydroxyl groups excluding tert-OH is 1. The smallest absolute Gasteiger partial charge is 0.0827 e. The van der Waals surface area contributed by atoms with E-state index >= 15 is 0 Å². The summed E-state index contributed by atoms with van der Waals surface area (Å²) < 4.78 is 10.7. The first-order valence-electron chi connectivity index (χ1n) is 5.02. The highest BCUT2D eigenvalue weighted by molar-refractivity contribution is 4.79. The zero-order valence-electron chi connectivity index (χ0n) is 8.69. The Morgan fingerprint density at radius 3 is 2.69 bits per heavy atom. The van der Waals surface area contributed by atoms with E-state index in [2.05, 4.69) is 0 Å². The van der Waals surface area contributed by atoms with Crippen molar-refractivity contribution in [3.05, 3.63) is 0 Å². The molecule has 0 aromatic rings. The molecule has 0 aliphatic carbocycles. The molecule has 13 heavy (non-hydrogen) atoms. The third-order valence-electron chi connectivity index (χ3n) is 2.53. The second-order valence-corrected chi connectivity index (χ2v) is 3.98. The van der Waals surface area contributed by atoms with Gasteiger partial charge in [-0.15, -0.1) is 0 Å². The van der Waals surface area contributed by atoms with Crippen molar-refractivity contribution in [2.75, 3.05) is 13.2 Å². The summed E-state index contributed by atoms with van der Waals surface area (Å²) in [6, 6.07) is 0. The molecule has 3 heteroatoms. The molecule has 3 nitrogen and oxygen atoms in total. The van der Waals surface area contributed by atoms with Crippen LogP contribution in [0.2, 0.25) is 0 Å². The number of aliphatic hydroxyl groups is 1. The fraction of sp³-hybridized carbons (Fsp3) is 1.00. The van der Waals surface area contributed by atoms with Gasteiger partial charge in [0.05, 0.1) is 24.9 Å². The summed E-state index contributed by atoms with van der Waals surface area (Å²) >= 11 is 0. The maximum Gasteiger partial charge on any atom is 0.0827 e. The Morgan fingerprint density at radius 2 is 2.23 bits per heavy atom. The summed E-state index contributed by atoms with van der Waals surface area (Å²) in [6.07, 6.45) is 0.932. The summed E-state index contributed by atoms with van der Waals surface area (Å²) in [5.41, 5.74) is 0. The molecule has 78 valence electrons. The van der Waals surface area contributed by atoms with Crippen LogP contribution >= 0.6 is 0 Å².